The Morgan fingerprint density at radius 3 is 2.52 bits per heavy atom. The molecular formula is C19H23N3O2S. The number of fused-ring (bicyclic) bond motifs is 2. The number of carbonyl (C=O) groups excluding carboxylic acids is 2. The summed E-state index contributed by atoms with van der Waals surface area (Å²) in [6, 6.07) is 7.48. The molecule has 2 amide bonds. The molecule has 1 aliphatic heterocycles. The van der Waals surface area contributed by atoms with Crippen molar-refractivity contribution in [3.05, 3.63) is 39.6 Å². The Kier molecular flexibility index (Phi) is 4.92. The van der Waals surface area contributed by atoms with Gasteiger partial charge < -0.3 is 5.32 Å². The van der Waals surface area contributed by atoms with E-state index in [0.29, 0.717) is 17.8 Å². The van der Waals surface area contributed by atoms with E-state index in [0.717, 1.165) is 34.2 Å². The predicted molar refractivity (Wildman–Crippen MR) is 103 cm³/mol. The van der Waals surface area contributed by atoms with E-state index >= 15 is 0 Å². The molecule has 132 valence electrons. The van der Waals surface area contributed by atoms with Gasteiger partial charge in [0.05, 0.1) is 29.2 Å². The Morgan fingerprint density at radius 2 is 1.84 bits per heavy atom. The first-order valence-electron chi connectivity index (χ1n) is 8.53. The first-order chi connectivity index (χ1) is 12.0. The summed E-state index contributed by atoms with van der Waals surface area (Å²) in [5.74, 6) is -0.169. The Morgan fingerprint density at radius 1 is 1.16 bits per heavy atom. The number of likely N-dealkylation sites (N-methyl/N-ethyl adjacent to an activating group) is 1. The number of para-hydroxylation sites is 2. The number of carbonyl (C=O) groups is 2. The van der Waals surface area contributed by atoms with E-state index in [-0.39, 0.29) is 11.8 Å². The standard InChI is InChI=1S/C19H23N3O2S/c1-5-21(6-2)11-16(23)22-15-10-8-7-9-14(15)20-19(24)17-12(3)25-13(4)18(17)22/h7-10H,5-6,11H2,1-4H3,(H,20,24). The molecule has 0 saturated carbocycles. The molecule has 0 atom stereocenters. The number of nitrogens with one attached hydrogen (secondary N) is 1. The third-order valence-corrected chi connectivity index (χ3v) is 5.58. The highest BCUT2D eigenvalue weighted by Gasteiger charge is 2.33. The number of thiophene rings is 1. The van der Waals surface area contributed by atoms with Crippen molar-refractivity contribution in [3.8, 4) is 0 Å². The summed E-state index contributed by atoms with van der Waals surface area (Å²) in [4.78, 5) is 31.7. The molecule has 25 heavy (non-hydrogen) atoms. The number of amides is 2. The Labute approximate surface area is 152 Å². The van der Waals surface area contributed by atoms with Crippen LogP contribution in [-0.4, -0.2) is 36.3 Å². The van der Waals surface area contributed by atoms with Gasteiger partial charge in [-0.25, -0.2) is 0 Å². The molecule has 0 fully saturated rings. The molecule has 0 radical (unpaired) electrons. The quantitative estimate of drug-likeness (QED) is 0.902. The molecule has 5 nitrogen and oxygen atoms in total. The van der Waals surface area contributed by atoms with Crippen LogP contribution in [-0.2, 0) is 4.79 Å². The van der Waals surface area contributed by atoms with Crippen LogP contribution in [0, 0.1) is 13.8 Å². The van der Waals surface area contributed by atoms with E-state index in [1.165, 1.54) is 0 Å². The van der Waals surface area contributed by atoms with Crippen LogP contribution >= 0.6 is 11.3 Å². The van der Waals surface area contributed by atoms with Crippen LogP contribution < -0.4 is 10.2 Å². The van der Waals surface area contributed by atoms with Crippen molar-refractivity contribution in [2.24, 2.45) is 0 Å². The van der Waals surface area contributed by atoms with Gasteiger partial charge in [0.1, 0.15) is 0 Å². The number of rotatable bonds is 4. The van der Waals surface area contributed by atoms with E-state index < -0.39 is 0 Å². The lowest BCUT2D eigenvalue weighted by molar-refractivity contribution is -0.119. The number of benzene rings is 1. The minimum Gasteiger partial charge on any atom is -0.320 e. The van der Waals surface area contributed by atoms with Crippen LogP contribution in [0.15, 0.2) is 24.3 Å². The van der Waals surface area contributed by atoms with Gasteiger partial charge in [0.2, 0.25) is 5.91 Å². The van der Waals surface area contributed by atoms with Crippen molar-refractivity contribution in [1.82, 2.24) is 4.90 Å². The molecule has 3 rings (SSSR count). The fraction of sp³-hybridized carbons (Fsp3) is 0.368. The monoisotopic (exact) mass is 357 g/mol. The molecule has 0 bridgehead atoms. The van der Waals surface area contributed by atoms with Crippen LogP contribution in [0.4, 0.5) is 17.1 Å². The van der Waals surface area contributed by atoms with Gasteiger partial charge in [0.25, 0.3) is 5.91 Å². The number of anilines is 3. The molecule has 1 aromatic carbocycles. The minimum absolute atomic E-state index is 0.0187. The fourth-order valence-corrected chi connectivity index (χ4v) is 4.30. The van der Waals surface area contributed by atoms with Crippen molar-refractivity contribution in [2.45, 2.75) is 27.7 Å². The maximum Gasteiger partial charge on any atom is 0.258 e. The number of hydrogen-bond donors (Lipinski definition) is 1. The lowest BCUT2D eigenvalue weighted by atomic mass is 10.1. The molecule has 6 heteroatoms. The fourth-order valence-electron chi connectivity index (χ4n) is 3.26. The zero-order valence-electron chi connectivity index (χ0n) is 15.0. The average molecular weight is 357 g/mol. The SMILES string of the molecule is CCN(CC)CC(=O)N1c2ccccc2NC(=O)c2c(C)sc(C)c21. The summed E-state index contributed by atoms with van der Waals surface area (Å²) in [5.41, 5.74) is 2.72. The summed E-state index contributed by atoms with van der Waals surface area (Å²) < 4.78 is 0. The molecule has 0 unspecified atom stereocenters. The molecule has 1 aromatic heterocycles. The zero-order chi connectivity index (χ0) is 18.1. The lowest BCUT2D eigenvalue weighted by Crippen LogP contribution is -2.38. The Balaban J connectivity index is 2.17. The molecule has 0 aliphatic carbocycles. The van der Waals surface area contributed by atoms with Gasteiger partial charge in [0, 0.05) is 9.75 Å². The summed E-state index contributed by atoms with van der Waals surface area (Å²) in [5, 5.41) is 2.96. The van der Waals surface area contributed by atoms with Crippen LogP contribution in [0.25, 0.3) is 0 Å². The molecule has 1 N–H and O–H groups in total. The second-order valence-electron chi connectivity index (χ2n) is 6.10. The topological polar surface area (TPSA) is 52.7 Å². The maximum atomic E-state index is 13.2. The van der Waals surface area contributed by atoms with Crippen LogP contribution in [0.5, 0.6) is 0 Å². The minimum atomic E-state index is -0.151. The Hall–Kier alpha value is -2.18. The lowest BCUT2D eigenvalue weighted by Gasteiger charge is -2.27. The predicted octanol–water partition coefficient (Wildman–Crippen LogP) is 3.94. The van der Waals surface area contributed by atoms with Crippen molar-refractivity contribution < 1.29 is 9.59 Å². The summed E-state index contributed by atoms with van der Waals surface area (Å²) in [7, 11) is 0. The van der Waals surface area contributed by atoms with Gasteiger partial charge in [-0.1, -0.05) is 26.0 Å². The van der Waals surface area contributed by atoms with Crippen molar-refractivity contribution in [1.29, 1.82) is 0 Å². The number of aryl methyl sites for hydroxylation is 2. The van der Waals surface area contributed by atoms with E-state index in [9.17, 15) is 9.59 Å². The second-order valence-corrected chi connectivity index (χ2v) is 7.53. The number of nitrogens with zero attached hydrogens (tertiary/aromatic N) is 2. The summed E-state index contributed by atoms with van der Waals surface area (Å²) >= 11 is 1.56. The van der Waals surface area contributed by atoms with E-state index in [2.05, 4.69) is 10.2 Å². The molecule has 0 spiro atoms. The normalized spacial score (nSPS) is 13.3. The van der Waals surface area contributed by atoms with Gasteiger partial charge in [-0.05, 0) is 39.1 Å². The second kappa shape index (κ2) is 6.98. The van der Waals surface area contributed by atoms with Gasteiger partial charge >= 0.3 is 0 Å². The molecular weight excluding hydrogens is 334 g/mol. The van der Waals surface area contributed by atoms with E-state index in [1.807, 2.05) is 52.0 Å². The van der Waals surface area contributed by atoms with Crippen molar-refractivity contribution in [2.75, 3.05) is 29.9 Å². The third-order valence-electron chi connectivity index (χ3n) is 4.58. The van der Waals surface area contributed by atoms with Gasteiger partial charge in [-0.2, -0.15) is 0 Å². The molecule has 2 aromatic rings. The highest BCUT2D eigenvalue weighted by molar-refractivity contribution is 7.13. The van der Waals surface area contributed by atoms with E-state index in [4.69, 9.17) is 0 Å². The maximum absolute atomic E-state index is 13.2. The highest BCUT2D eigenvalue weighted by Crippen LogP contribution is 2.44. The molecule has 0 saturated heterocycles. The van der Waals surface area contributed by atoms with Crippen molar-refractivity contribution >= 4 is 40.2 Å². The highest BCUT2D eigenvalue weighted by atomic mass is 32.1. The Bertz CT molecular complexity index is 824. The van der Waals surface area contributed by atoms with Gasteiger partial charge in [-0.15, -0.1) is 11.3 Å². The smallest absolute Gasteiger partial charge is 0.258 e. The van der Waals surface area contributed by atoms with Crippen molar-refractivity contribution in [3.63, 3.8) is 0 Å². The largest absolute Gasteiger partial charge is 0.320 e. The van der Waals surface area contributed by atoms with Gasteiger partial charge in [-0.3, -0.25) is 19.4 Å². The van der Waals surface area contributed by atoms with Gasteiger partial charge in [0.15, 0.2) is 0 Å². The number of hydrogen-bond acceptors (Lipinski definition) is 4. The first-order valence-corrected chi connectivity index (χ1v) is 9.35. The third kappa shape index (κ3) is 3.07. The molecule has 2 heterocycles. The van der Waals surface area contributed by atoms with Crippen LogP contribution in [0.1, 0.15) is 34.0 Å². The first kappa shape index (κ1) is 17.6. The van der Waals surface area contributed by atoms with E-state index in [1.54, 1.807) is 16.2 Å². The van der Waals surface area contributed by atoms with Crippen LogP contribution in [0.3, 0.4) is 0 Å². The summed E-state index contributed by atoms with van der Waals surface area (Å²) in [6.45, 7) is 9.93. The van der Waals surface area contributed by atoms with Crippen LogP contribution in [0.2, 0.25) is 0 Å². The average Bonchev–Trinajstić information content (AvgIpc) is 2.80. The summed E-state index contributed by atoms with van der Waals surface area (Å²) in [6.07, 6.45) is 0. The molecule has 1 aliphatic rings. The zero-order valence-corrected chi connectivity index (χ0v) is 15.9.